The highest BCUT2D eigenvalue weighted by molar-refractivity contribution is 4.93. The van der Waals surface area contributed by atoms with Gasteiger partial charge in [-0.2, -0.15) is 0 Å². The molecule has 110 valence electrons. The van der Waals surface area contributed by atoms with Gasteiger partial charge in [0.1, 0.15) is 0 Å². The van der Waals surface area contributed by atoms with Crippen molar-refractivity contribution in [2.24, 2.45) is 11.8 Å². The van der Waals surface area contributed by atoms with Gasteiger partial charge in [-0.05, 0) is 57.4 Å². The summed E-state index contributed by atoms with van der Waals surface area (Å²) in [5, 5.41) is 3.54. The Bertz CT molecular complexity index is 285. The summed E-state index contributed by atoms with van der Waals surface area (Å²) in [5.41, 5.74) is 0.310. The Hall–Kier alpha value is -0.0800. The average molecular weight is 265 g/mol. The van der Waals surface area contributed by atoms with Gasteiger partial charge < -0.3 is 10.1 Å². The second kappa shape index (κ2) is 6.13. The first-order chi connectivity index (χ1) is 9.31. The molecule has 3 fully saturated rings. The topological polar surface area (TPSA) is 21.3 Å². The van der Waals surface area contributed by atoms with E-state index in [9.17, 15) is 0 Å². The van der Waals surface area contributed by atoms with E-state index in [2.05, 4.69) is 12.4 Å². The molecule has 2 saturated carbocycles. The zero-order valence-electron chi connectivity index (χ0n) is 12.6. The Balaban J connectivity index is 1.63. The summed E-state index contributed by atoms with van der Waals surface area (Å²) in [6.45, 7) is 1.03. The fourth-order valence-corrected chi connectivity index (χ4v) is 4.92. The third kappa shape index (κ3) is 3.16. The molecule has 1 saturated heterocycles. The van der Waals surface area contributed by atoms with E-state index in [0.29, 0.717) is 5.60 Å². The minimum atomic E-state index is 0.310. The molecule has 3 atom stereocenters. The van der Waals surface area contributed by atoms with Gasteiger partial charge in [-0.3, -0.25) is 0 Å². The Kier molecular flexibility index (Phi) is 4.48. The van der Waals surface area contributed by atoms with Crippen molar-refractivity contribution in [2.45, 2.75) is 82.3 Å². The molecule has 2 aliphatic carbocycles. The summed E-state index contributed by atoms with van der Waals surface area (Å²) in [6, 6.07) is 0.773. The summed E-state index contributed by atoms with van der Waals surface area (Å²) < 4.78 is 6.22. The third-order valence-corrected chi connectivity index (χ3v) is 6.09. The summed E-state index contributed by atoms with van der Waals surface area (Å²) in [5.74, 6) is 1.90. The summed E-state index contributed by atoms with van der Waals surface area (Å²) in [7, 11) is 2.15. The molecule has 2 heteroatoms. The van der Waals surface area contributed by atoms with Crippen molar-refractivity contribution < 1.29 is 4.74 Å². The van der Waals surface area contributed by atoms with Crippen LogP contribution in [0.15, 0.2) is 0 Å². The molecular formula is C17H31NO. The molecule has 3 unspecified atom stereocenters. The van der Waals surface area contributed by atoms with Crippen LogP contribution in [0.1, 0.15) is 70.6 Å². The number of hydrogen-bond donors (Lipinski definition) is 1. The predicted molar refractivity (Wildman–Crippen MR) is 79.3 cm³/mol. The second-order valence-corrected chi connectivity index (χ2v) is 7.26. The van der Waals surface area contributed by atoms with Crippen molar-refractivity contribution in [3.05, 3.63) is 0 Å². The van der Waals surface area contributed by atoms with Gasteiger partial charge in [0.05, 0.1) is 5.60 Å². The lowest BCUT2D eigenvalue weighted by molar-refractivity contribution is -0.103. The highest BCUT2D eigenvalue weighted by Crippen LogP contribution is 2.46. The maximum Gasteiger partial charge on any atom is 0.0685 e. The smallest absolute Gasteiger partial charge is 0.0685 e. The monoisotopic (exact) mass is 265 g/mol. The van der Waals surface area contributed by atoms with Crippen LogP contribution >= 0.6 is 0 Å². The largest absolute Gasteiger partial charge is 0.375 e. The Morgan fingerprint density at radius 1 is 0.947 bits per heavy atom. The molecule has 0 bridgehead atoms. The van der Waals surface area contributed by atoms with Crippen LogP contribution < -0.4 is 5.32 Å². The van der Waals surface area contributed by atoms with Crippen LogP contribution in [0.25, 0.3) is 0 Å². The van der Waals surface area contributed by atoms with Crippen LogP contribution in [0, 0.1) is 11.8 Å². The minimum absolute atomic E-state index is 0.310. The number of nitrogens with one attached hydrogen (secondary N) is 1. The van der Waals surface area contributed by atoms with Crippen molar-refractivity contribution in [3.8, 4) is 0 Å². The summed E-state index contributed by atoms with van der Waals surface area (Å²) in [4.78, 5) is 0. The van der Waals surface area contributed by atoms with Gasteiger partial charge in [0.25, 0.3) is 0 Å². The third-order valence-electron chi connectivity index (χ3n) is 6.09. The van der Waals surface area contributed by atoms with Gasteiger partial charge in [0.15, 0.2) is 0 Å². The first-order valence-corrected chi connectivity index (χ1v) is 8.62. The molecule has 1 N–H and O–H groups in total. The van der Waals surface area contributed by atoms with Crippen LogP contribution in [0.5, 0.6) is 0 Å². The molecule has 1 spiro atoms. The van der Waals surface area contributed by atoms with Gasteiger partial charge in [-0.15, -0.1) is 0 Å². The van der Waals surface area contributed by atoms with Gasteiger partial charge in [0.2, 0.25) is 0 Å². The van der Waals surface area contributed by atoms with Crippen molar-refractivity contribution in [3.63, 3.8) is 0 Å². The fraction of sp³-hybridized carbons (Fsp3) is 1.00. The SMILES string of the molecule is CNC1CCCCC(C2CCOC3(CCCC3)C2)C1. The van der Waals surface area contributed by atoms with Crippen molar-refractivity contribution in [2.75, 3.05) is 13.7 Å². The first kappa shape index (κ1) is 13.9. The molecule has 3 aliphatic rings. The first-order valence-electron chi connectivity index (χ1n) is 8.62. The molecule has 2 nitrogen and oxygen atoms in total. The highest BCUT2D eigenvalue weighted by atomic mass is 16.5. The highest BCUT2D eigenvalue weighted by Gasteiger charge is 2.42. The lowest BCUT2D eigenvalue weighted by atomic mass is 9.74. The average Bonchev–Trinajstić information content (AvgIpc) is 2.75. The van der Waals surface area contributed by atoms with Gasteiger partial charge in [0, 0.05) is 12.6 Å². The van der Waals surface area contributed by atoms with Crippen LogP contribution in [-0.4, -0.2) is 25.3 Å². The van der Waals surface area contributed by atoms with E-state index >= 15 is 0 Å². The Morgan fingerprint density at radius 2 is 1.74 bits per heavy atom. The molecule has 1 heterocycles. The molecule has 1 aliphatic heterocycles. The van der Waals surface area contributed by atoms with Crippen LogP contribution in [0.2, 0.25) is 0 Å². The van der Waals surface area contributed by atoms with E-state index in [1.807, 2.05) is 0 Å². The fourth-order valence-electron chi connectivity index (χ4n) is 4.92. The maximum absolute atomic E-state index is 6.22. The lowest BCUT2D eigenvalue weighted by Gasteiger charge is -2.41. The normalized spacial score (nSPS) is 39.3. The molecule has 0 amide bonds. The second-order valence-electron chi connectivity index (χ2n) is 7.26. The quantitative estimate of drug-likeness (QED) is 0.765. The molecular weight excluding hydrogens is 234 g/mol. The summed E-state index contributed by atoms with van der Waals surface area (Å²) in [6.07, 6.45) is 15.3. The number of ether oxygens (including phenoxy) is 1. The standard InChI is InChI=1S/C17H31NO/c1-18-16-7-3-2-6-14(12-16)15-8-11-19-17(13-15)9-4-5-10-17/h14-16,18H,2-13H2,1H3. The maximum atomic E-state index is 6.22. The zero-order valence-corrected chi connectivity index (χ0v) is 12.6. The van der Waals surface area contributed by atoms with Crippen molar-refractivity contribution in [1.29, 1.82) is 0 Å². The van der Waals surface area contributed by atoms with Gasteiger partial charge >= 0.3 is 0 Å². The van der Waals surface area contributed by atoms with Crippen molar-refractivity contribution in [1.82, 2.24) is 5.32 Å². The molecule has 0 aromatic heterocycles. The summed E-state index contributed by atoms with van der Waals surface area (Å²) >= 11 is 0. The number of hydrogen-bond acceptors (Lipinski definition) is 2. The van der Waals surface area contributed by atoms with Crippen LogP contribution in [0.3, 0.4) is 0 Å². The predicted octanol–water partition coefficient (Wildman–Crippen LogP) is 3.89. The van der Waals surface area contributed by atoms with Crippen LogP contribution in [0.4, 0.5) is 0 Å². The Morgan fingerprint density at radius 3 is 2.53 bits per heavy atom. The Labute approximate surface area is 118 Å². The van der Waals surface area contributed by atoms with E-state index in [-0.39, 0.29) is 0 Å². The molecule has 3 rings (SSSR count). The van der Waals surface area contributed by atoms with E-state index in [0.717, 1.165) is 24.5 Å². The number of rotatable bonds is 2. The van der Waals surface area contributed by atoms with E-state index < -0.39 is 0 Å². The zero-order chi connectivity index (χ0) is 13.1. The van der Waals surface area contributed by atoms with E-state index in [4.69, 9.17) is 4.74 Å². The molecule has 0 aromatic rings. The van der Waals surface area contributed by atoms with Gasteiger partial charge in [-0.25, -0.2) is 0 Å². The van der Waals surface area contributed by atoms with E-state index in [1.54, 1.807) is 0 Å². The van der Waals surface area contributed by atoms with E-state index in [1.165, 1.54) is 70.6 Å². The minimum Gasteiger partial charge on any atom is -0.375 e. The molecule has 0 radical (unpaired) electrons. The van der Waals surface area contributed by atoms with Gasteiger partial charge in [-0.1, -0.05) is 32.1 Å². The molecule has 0 aromatic carbocycles. The molecule has 19 heavy (non-hydrogen) atoms. The lowest BCUT2D eigenvalue weighted by Crippen LogP contribution is -2.40. The van der Waals surface area contributed by atoms with Crippen LogP contribution in [-0.2, 0) is 4.74 Å². The van der Waals surface area contributed by atoms with Crippen molar-refractivity contribution >= 4 is 0 Å².